The summed E-state index contributed by atoms with van der Waals surface area (Å²) in [6, 6.07) is 5.61. The first-order chi connectivity index (χ1) is 8.19. The second-order valence-corrected chi connectivity index (χ2v) is 3.79. The van der Waals surface area contributed by atoms with Gasteiger partial charge >= 0.3 is 0 Å². The Bertz CT molecular complexity index is 534. The van der Waals surface area contributed by atoms with Gasteiger partial charge in [0.25, 0.3) is 0 Å². The van der Waals surface area contributed by atoms with E-state index in [1.54, 1.807) is 6.92 Å². The van der Waals surface area contributed by atoms with Crippen LogP contribution >= 0.6 is 0 Å². The monoisotopic (exact) mass is 234 g/mol. The van der Waals surface area contributed by atoms with Crippen molar-refractivity contribution in [1.29, 1.82) is 0 Å². The number of fused-ring (bicyclic) bond motifs is 1. The Labute approximate surface area is 98.5 Å². The predicted octanol–water partition coefficient (Wildman–Crippen LogP) is 1.13. The number of nitrogens with one attached hydrogen (secondary N) is 1. The highest BCUT2D eigenvalue weighted by Gasteiger charge is 2.04. The molecule has 0 aliphatic heterocycles. The highest BCUT2D eigenvalue weighted by Crippen LogP contribution is 2.16. The van der Waals surface area contributed by atoms with Crippen LogP contribution in [0, 0.1) is 6.92 Å². The van der Waals surface area contributed by atoms with Gasteiger partial charge in [-0.15, -0.1) is 0 Å². The van der Waals surface area contributed by atoms with E-state index in [0.29, 0.717) is 12.4 Å². The normalized spacial score (nSPS) is 10.7. The highest BCUT2D eigenvalue weighted by molar-refractivity contribution is 5.76. The van der Waals surface area contributed by atoms with E-state index >= 15 is 0 Å². The number of aliphatic hydroxyl groups excluding tert-OH is 1. The van der Waals surface area contributed by atoms with Crippen LogP contribution in [0.1, 0.15) is 17.9 Å². The Balaban J connectivity index is 2.06. The second kappa shape index (κ2) is 4.97. The first kappa shape index (κ1) is 11.6. The lowest BCUT2D eigenvalue weighted by Crippen LogP contribution is -2.23. The van der Waals surface area contributed by atoms with Crippen LogP contribution in [-0.2, 0) is 11.3 Å². The minimum atomic E-state index is -0.165. The summed E-state index contributed by atoms with van der Waals surface area (Å²) >= 11 is 0. The third-order valence-corrected chi connectivity index (χ3v) is 2.39. The summed E-state index contributed by atoms with van der Waals surface area (Å²) < 4.78 is 5.40. The van der Waals surface area contributed by atoms with Gasteiger partial charge in [-0.2, -0.15) is 0 Å². The first-order valence-electron chi connectivity index (χ1n) is 5.42. The molecular formula is C12H14N2O3. The molecule has 0 saturated carbocycles. The molecule has 0 aliphatic carbocycles. The number of nitrogens with zero attached hydrogens (tertiary/aromatic N) is 1. The maximum atomic E-state index is 11.2. The van der Waals surface area contributed by atoms with E-state index in [2.05, 4.69) is 10.3 Å². The number of hydrogen-bond donors (Lipinski definition) is 2. The van der Waals surface area contributed by atoms with E-state index < -0.39 is 0 Å². The van der Waals surface area contributed by atoms with Crippen LogP contribution in [0.5, 0.6) is 0 Å². The Hall–Kier alpha value is -1.88. The lowest BCUT2D eigenvalue weighted by Gasteiger charge is -2.03. The summed E-state index contributed by atoms with van der Waals surface area (Å²) in [6.45, 7) is 2.09. The lowest BCUT2D eigenvalue weighted by atomic mass is 10.2. The Kier molecular flexibility index (Phi) is 3.39. The fourth-order valence-corrected chi connectivity index (χ4v) is 1.58. The number of aromatic nitrogens is 1. The van der Waals surface area contributed by atoms with Gasteiger partial charge in [-0.3, -0.25) is 4.79 Å². The van der Waals surface area contributed by atoms with Gasteiger partial charge in [0.15, 0.2) is 11.5 Å². The Morgan fingerprint density at radius 2 is 2.35 bits per heavy atom. The minimum Gasteiger partial charge on any atom is -0.441 e. The van der Waals surface area contributed by atoms with Crippen molar-refractivity contribution >= 4 is 17.0 Å². The predicted molar refractivity (Wildman–Crippen MR) is 62.3 cm³/mol. The molecule has 5 nitrogen and oxygen atoms in total. The number of aliphatic hydroxyl groups is 1. The van der Waals surface area contributed by atoms with E-state index in [4.69, 9.17) is 9.52 Å². The molecule has 1 aromatic carbocycles. The summed E-state index contributed by atoms with van der Waals surface area (Å²) in [5.74, 6) is 0.461. The van der Waals surface area contributed by atoms with Crippen molar-refractivity contribution in [3.05, 3.63) is 29.7 Å². The van der Waals surface area contributed by atoms with Crippen LogP contribution in [0.2, 0.25) is 0 Å². The molecule has 2 rings (SSSR count). The smallest absolute Gasteiger partial charge is 0.222 e. The number of amides is 1. The van der Waals surface area contributed by atoms with Gasteiger partial charge in [0.05, 0.1) is 6.61 Å². The topological polar surface area (TPSA) is 75.4 Å². The van der Waals surface area contributed by atoms with Gasteiger partial charge in [0.2, 0.25) is 5.91 Å². The molecule has 2 N–H and O–H groups in total. The van der Waals surface area contributed by atoms with Crippen LogP contribution in [0.25, 0.3) is 11.1 Å². The molecule has 90 valence electrons. The zero-order valence-corrected chi connectivity index (χ0v) is 9.56. The zero-order valence-electron chi connectivity index (χ0n) is 9.56. The molecule has 1 amide bonds. The van der Waals surface area contributed by atoms with Gasteiger partial charge in [0.1, 0.15) is 5.52 Å². The summed E-state index contributed by atoms with van der Waals surface area (Å²) in [5.41, 5.74) is 2.48. The molecule has 2 aromatic rings. The molecule has 0 unspecified atom stereocenters. The summed E-state index contributed by atoms with van der Waals surface area (Å²) in [7, 11) is 0. The summed E-state index contributed by atoms with van der Waals surface area (Å²) in [5, 5.41) is 11.3. The van der Waals surface area contributed by atoms with Crippen LogP contribution < -0.4 is 5.32 Å². The molecule has 0 spiro atoms. The lowest BCUT2D eigenvalue weighted by molar-refractivity contribution is -0.121. The first-order valence-corrected chi connectivity index (χ1v) is 5.42. The number of hydrogen-bond acceptors (Lipinski definition) is 4. The second-order valence-electron chi connectivity index (χ2n) is 3.79. The summed E-state index contributed by atoms with van der Waals surface area (Å²) in [4.78, 5) is 15.4. The Morgan fingerprint density at radius 3 is 3.12 bits per heavy atom. The zero-order chi connectivity index (χ0) is 12.3. The molecular weight excluding hydrogens is 220 g/mol. The number of carbonyl (C=O) groups excluding carboxylic acids is 1. The van der Waals surface area contributed by atoms with Crippen molar-refractivity contribution in [2.45, 2.75) is 19.9 Å². The van der Waals surface area contributed by atoms with Crippen LogP contribution in [-0.4, -0.2) is 22.6 Å². The number of oxazole rings is 1. The van der Waals surface area contributed by atoms with Gasteiger partial charge in [-0.05, 0) is 17.7 Å². The van der Waals surface area contributed by atoms with E-state index in [0.717, 1.165) is 16.7 Å². The standard InChI is InChI=1S/C12H14N2O3/c1-8-14-10-3-2-9(6-11(10)17-8)7-13-12(16)4-5-15/h2-3,6,15H,4-5,7H2,1H3,(H,13,16). The van der Waals surface area contributed by atoms with Crippen LogP contribution in [0.3, 0.4) is 0 Å². The molecule has 0 aliphatic rings. The van der Waals surface area contributed by atoms with Gasteiger partial charge in [0, 0.05) is 19.9 Å². The minimum absolute atomic E-state index is 0.129. The average molecular weight is 234 g/mol. The maximum absolute atomic E-state index is 11.2. The molecule has 5 heteroatoms. The van der Waals surface area contributed by atoms with Crippen LogP contribution in [0.15, 0.2) is 22.6 Å². The van der Waals surface area contributed by atoms with Crippen molar-refractivity contribution in [1.82, 2.24) is 10.3 Å². The Morgan fingerprint density at radius 1 is 1.53 bits per heavy atom. The largest absolute Gasteiger partial charge is 0.441 e. The quantitative estimate of drug-likeness (QED) is 0.831. The third-order valence-electron chi connectivity index (χ3n) is 2.39. The van der Waals surface area contributed by atoms with Gasteiger partial charge in [-0.1, -0.05) is 6.07 Å². The SMILES string of the molecule is Cc1nc2ccc(CNC(=O)CCO)cc2o1. The number of aryl methyl sites for hydroxylation is 1. The van der Waals surface area contributed by atoms with Crippen molar-refractivity contribution in [3.63, 3.8) is 0 Å². The van der Waals surface area contributed by atoms with E-state index in [1.807, 2.05) is 18.2 Å². The molecule has 0 bridgehead atoms. The fourth-order valence-electron chi connectivity index (χ4n) is 1.58. The van der Waals surface area contributed by atoms with Crippen LogP contribution in [0.4, 0.5) is 0 Å². The molecule has 1 aromatic heterocycles. The fraction of sp³-hybridized carbons (Fsp3) is 0.333. The summed E-state index contributed by atoms with van der Waals surface area (Å²) in [6.07, 6.45) is 0.129. The molecule has 17 heavy (non-hydrogen) atoms. The van der Waals surface area contributed by atoms with Crippen molar-refractivity contribution < 1.29 is 14.3 Å². The molecule has 1 heterocycles. The van der Waals surface area contributed by atoms with Crippen molar-refractivity contribution in [3.8, 4) is 0 Å². The van der Waals surface area contributed by atoms with Gasteiger partial charge in [-0.25, -0.2) is 4.98 Å². The van der Waals surface area contributed by atoms with E-state index in [9.17, 15) is 4.79 Å². The third kappa shape index (κ3) is 2.82. The van der Waals surface area contributed by atoms with Crippen molar-refractivity contribution in [2.24, 2.45) is 0 Å². The highest BCUT2D eigenvalue weighted by atomic mass is 16.3. The van der Waals surface area contributed by atoms with E-state index in [1.165, 1.54) is 0 Å². The molecule has 0 atom stereocenters. The number of rotatable bonds is 4. The van der Waals surface area contributed by atoms with E-state index in [-0.39, 0.29) is 18.9 Å². The van der Waals surface area contributed by atoms with Gasteiger partial charge < -0.3 is 14.8 Å². The molecule has 0 radical (unpaired) electrons. The molecule has 0 fully saturated rings. The average Bonchev–Trinajstić information content (AvgIpc) is 2.66. The number of benzene rings is 1. The molecule has 0 saturated heterocycles. The maximum Gasteiger partial charge on any atom is 0.222 e. The van der Waals surface area contributed by atoms with Crippen molar-refractivity contribution in [2.75, 3.05) is 6.61 Å². The number of carbonyl (C=O) groups is 1.